The number of carbonyl (C=O) groups excluding carboxylic acids is 1. The van der Waals surface area contributed by atoms with E-state index in [2.05, 4.69) is 11.4 Å². The molecule has 2 aromatic carbocycles. The fourth-order valence-electron chi connectivity index (χ4n) is 2.38. The first-order valence-corrected chi connectivity index (χ1v) is 8.12. The molecule has 4 nitrogen and oxygen atoms in total. The van der Waals surface area contributed by atoms with E-state index in [0.717, 1.165) is 22.4 Å². The molecule has 0 fully saturated rings. The number of nitrogens with one attached hydrogen (secondary N) is 1. The van der Waals surface area contributed by atoms with Crippen molar-refractivity contribution in [3.8, 4) is 11.5 Å². The molecular weight excluding hydrogens is 302 g/mol. The Bertz CT molecular complexity index is 690. The Kier molecular flexibility index (Phi) is 6.24. The van der Waals surface area contributed by atoms with Gasteiger partial charge in [0.05, 0.1) is 6.54 Å². The van der Waals surface area contributed by atoms with E-state index in [9.17, 15) is 4.79 Å². The average molecular weight is 327 g/mol. The Morgan fingerprint density at radius 3 is 2.25 bits per heavy atom. The molecule has 0 aliphatic heterocycles. The lowest BCUT2D eigenvalue weighted by atomic mass is 10.1. The lowest BCUT2D eigenvalue weighted by Crippen LogP contribution is -2.32. The number of hydrogen-bond donors (Lipinski definition) is 1. The zero-order valence-corrected chi connectivity index (χ0v) is 14.8. The predicted octanol–water partition coefficient (Wildman–Crippen LogP) is 3.49. The third kappa shape index (κ3) is 5.61. The minimum atomic E-state index is -0.155. The van der Waals surface area contributed by atoms with Crippen molar-refractivity contribution in [1.29, 1.82) is 0 Å². The molecule has 2 rings (SSSR count). The summed E-state index contributed by atoms with van der Waals surface area (Å²) in [5.41, 5.74) is 4.68. The zero-order chi connectivity index (χ0) is 17.5. The van der Waals surface area contributed by atoms with E-state index in [1.54, 1.807) is 0 Å². The molecular formula is C20H25NO3. The summed E-state index contributed by atoms with van der Waals surface area (Å²) in [7, 11) is 0. The van der Waals surface area contributed by atoms with Crippen molar-refractivity contribution in [2.24, 2.45) is 0 Å². The van der Waals surface area contributed by atoms with Crippen molar-refractivity contribution in [1.82, 2.24) is 5.32 Å². The predicted molar refractivity (Wildman–Crippen MR) is 95.8 cm³/mol. The minimum Gasteiger partial charge on any atom is -0.492 e. The van der Waals surface area contributed by atoms with Crippen LogP contribution in [0.5, 0.6) is 11.5 Å². The lowest BCUT2D eigenvalue weighted by molar-refractivity contribution is -0.123. The topological polar surface area (TPSA) is 47.6 Å². The first-order chi connectivity index (χ1) is 11.4. The van der Waals surface area contributed by atoms with Gasteiger partial charge in [-0.1, -0.05) is 12.1 Å². The highest BCUT2D eigenvalue weighted by Gasteiger charge is 2.04. The van der Waals surface area contributed by atoms with Crippen LogP contribution in [0.2, 0.25) is 0 Å². The van der Waals surface area contributed by atoms with Crippen LogP contribution < -0.4 is 14.8 Å². The van der Waals surface area contributed by atoms with Gasteiger partial charge in [-0.3, -0.25) is 4.79 Å². The number of ether oxygens (including phenoxy) is 2. The van der Waals surface area contributed by atoms with Crippen molar-refractivity contribution in [2.45, 2.75) is 27.7 Å². The summed E-state index contributed by atoms with van der Waals surface area (Å²) >= 11 is 0. The molecule has 0 saturated carbocycles. The van der Waals surface area contributed by atoms with Gasteiger partial charge in [-0.15, -0.1) is 0 Å². The molecule has 0 aliphatic carbocycles. The van der Waals surface area contributed by atoms with Gasteiger partial charge in [0, 0.05) is 0 Å². The van der Waals surface area contributed by atoms with E-state index in [0.29, 0.717) is 18.9 Å². The van der Waals surface area contributed by atoms with Crippen LogP contribution >= 0.6 is 0 Å². The molecule has 0 unspecified atom stereocenters. The Hall–Kier alpha value is -2.49. The van der Waals surface area contributed by atoms with Crippen molar-refractivity contribution in [3.63, 3.8) is 0 Å². The Morgan fingerprint density at radius 1 is 0.875 bits per heavy atom. The largest absolute Gasteiger partial charge is 0.492 e. The van der Waals surface area contributed by atoms with Crippen LogP contribution in [0.3, 0.4) is 0 Å². The van der Waals surface area contributed by atoms with Crippen LogP contribution in [0.1, 0.15) is 22.3 Å². The number of carbonyl (C=O) groups is 1. The summed E-state index contributed by atoms with van der Waals surface area (Å²) in [5, 5.41) is 2.79. The molecule has 0 aliphatic rings. The first kappa shape index (κ1) is 17.9. The van der Waals surface area contributed by atoms with E-state index in [4.69, 9.17) is 9.47 Å². The highest BCUT2D eigenvalue weighted by atomic mass is 16.5. The second-order valence-corrected chi connectivity index (χ2v) is 6.06. The van der Waals surface area contributed by atoms with E-state index in [1.165, 1.54) is 5.56 Å². The summed E-state index contributed by atoms with van der Waals surface area (Å²) < 4.78 is 11.2. The molecule has 0 heterocycles. The molecule has 4 heteroatoms. The lowest BCUT2D eigenvalue weighted by Gasteiger charge is -2.10. The van der Waals surface area contributed by atoms with Crippen LogP contribution in [0, 0.1) is 27.7 Å². The van der Waals surface area contributed by atoms with Gasteiger partial charge < -0.3 is 14.8 Å². The minimum absolute atomic E-state index is 0.00601. The van der Waals surface area contributed by atoms with Crippen LogP contribution in [-0.4, -0.2) is 25.7 Å². The molecule has 2 aromatic rings. The van der Waals surface area contributed by atoms with Gasteiger partial charge in [0.1, 0.15) is 18.1 Å². The highest BCUT2D eigenvalue weighted by molar-refractivity contribution is 5.77. The van der Waals surface area contributed by atoms with Gasteiger partial charge in [0.2, 0.25) is 0 Å². The third-order valence-electron chi connectivity index (χ3n) is 3.74. The number of hydrogen-bond acceptors (Lipinski definition) is 3. The first-order valence-electron chi connectivity index (χ1n) is 8.12. The van der Waals surface area contributed by atoms with Crippen molar-refractivity contribution in [3.05, 3.63) is 58.7 Å². The SMILES string of the molecule is Cc1cc(C)cc(OCCNC(=O)COc2ccc(C)c(C)c2)c1. The summed E-state index contributed by atoms with van der Waals surface area (Å²) in [6.07, 6.45) is 0. The van der Waals surface area contributed by atoms with E-state index in [-0.39, 0.29) is 12.5 Å². The Labute approximate surface area is 143 Å². The van der Waals surface area contributed by atoms with Crippen LogP contribution in [0.25, 0.3) is 0 Å². The molecule has 0 atom stereocenters. The van der Waals surface area contributed by atoms with E-state index < -0.39 is 0 Å². The Morgan fingerprint density at radius 2 is 1.58 bits per heavy atom. The molecule has 1 amide bonds. The standard InChI is InChI=1S/C20H25NO3/c1-14-9-15(2)11-19(10-14)23-8-7-21-20(22)13-24-18-6-5-16(3)17(4)12-18/h5-6,9-12H,7-8,13H2,1-4H3,(H,21,22). The maximum absolute atomic E-state index is 11.8. The molecule has 0 saturated heterocycles. The fraction of sp³-hybridized carbons (Fsp3) is 0.350. The van der Waals surface area contributed by atoms with Crippen molar-refractivity contribution in [2.75, 3.05) is 19.8 Å². The smallest absolute Gasteiger partial charge is 0.258 e. The monoisotopic (exact) mass is 327 g/mol. The maximum Gasteiger partial charge on any atom is 0.258 e. The Balaban J connectivity index is 1.68. The summed E-state index contributed by atoms with van der Waals surface area (Å²) in [4.78, 5) is 11.8. The number of rotatable bonds is 7. The molecule has 0 spiro atoms. The van der Waals surface area contributed by atoms with Gasteiger partial charge in [-0.05, 0) is 74.2 Å². The van der Waals surface area contributed by atoms with Crippen LogP contribution in [-0.2, 0) is 4.79 Å². The summed E-state index contributed by atoms with van der Waals surface area (Å²) in [6.45, 7) is 9.01. The van der Waals surface area contributed by atoms with Gasteiger partial charge >= 0.3 is 0 Å². The number of amides is 1. The summed E-state index contributed by atoms with van der Waals surface area (Å²) in [6, 6.07) is 11.9. The maximum atomic E-state index is 11.8. The van der Waals surface area contributed by atoms with Crippen molar-refractivity contribution < 1.29 is 14.3 Å². The normalized spacial score (nSPS) is 10.3. The van der Waals surface area contributed by atoms with Gasteiger partial charge in [-0.2, -0.15) is 0 Å². The van der Waals surface area contributed by atoms with E-state index >= 15 is 0 Å². The average Bonchev–Trinajstić information content (AvgIpc) is 2.52. The van der Waals surface area contributed by atoms with Crippen LogP contribution in [0.15, 0.2) is 36.4 Å². The number of benzene rings is 2. The molecule has 128 valence electrons. The zero-order valence-electron chi connectivity index (χ0n) is 14.8. The van der Waals surface area contributed by atoms with Crippen molar-refractivity contribution >= 4 is 5.91 Å². The van der Waals surface area contributed by atoms with Gasteiger partial charge in [-0.25, -0.2) is 0 Å². The highest BCUT2D eigenvalue weighted by Crippen LogP contribution is 2.16. The second kappa shape index (κ2) is 8.39. The quantitative estimate of drug-likeness (QED) is 0.792. The van der Waals surface area contributed by atoms with E-state index in [1.807, 2.05) is 58.0 Å². The molecule has 0 radical (unpaired) electrons. The third-order valence-corrected chi connectivity index (χ3v) is 3.74. The molecule has 0 bridgehead atoms. The number of aryl methyl sites for hydroxylation is 4. The van der Waals surface area contributed by atoms with Gasteiger partial charge in [0.25, 0.3) is 5.91 Å². The molecule has 0 aromatic heterocycles. The van der Waals surface area contributed by atoms with Crippen LogP contribution in [0.4, 0.5) is 0 Å². The fourth-order valence-corrected chi connectivity index (χ4v) is 2.38. The summed E-state index contributed by atoms with van der Waals surface area (Å²) in [5.74, 6) is 1.38. The second-order valence-electron chi connectivity index (χ2n) is 6.06. The van der Waals surface area contributed by atoms with Gasteiger partial charge in [0.15, 0.2) is 6.61 Å². The molecule has 1 N–H and O–H groups in total. The molecule has 24 heavy (non-hydrogen) atoms.